The summed E-state index contributed by atoms with van der Waals surface area (Å²) in [4.78, 5) is 3.90. The summed E-state index contributed by atoms with van der Waals surface area (Å²) < 4.78 is 39.9. The molecule has 0 aliphatic heterocycles. The molecule has 0 fully saturated rings. The minimum Gasteiger partial charge on any atom is -0.406 e. The summed E-state index contributed by atoms with van der Waals surface area (Å²) >= 11 is 0. The first-order valence-corrected chi connectivity index (χ1v) is 5.94. The third-order valence-corrected chi connectivity index (χ3v) is 2.75. The normalized spacial score (nSPS) is 13.0. The number of benzene rings is 1. The average Bonchev–Trinajstić information content (AvgIpc) is 2.40. The van der Waals surface area contributed by atoms with E-state index in [1.807, 2.05) is 12.1 Å². The molecule has 1 aromatic carbocycles. The zero-order valence-electron chi connectivity index (χ0n) is 10.5. The summed E-state index contributed by atoms with van der Waals surface area (Å²) in [6, 6.07) is 9.10. The Morgan fingerprint density at radius 3 is 2.20 bits per heavy atom. The minimum absolute atomic E-state index is 0.229. The van der Waals surface area contributed by atoms with Gasteiger partial charge in [-0.1, -0.05) is 12.1 Å². The molecule has 0 saturated heterocycles. The van der Waals surface area contributed by atoms with Crippen LogP contribution < -0.4 is 10.5 Å². The Labute approximate surface area is 114 Å². The van der Waals surface area contributed by atoms with Crippen molar-refractivity contribution in [2.24, 2.45) is 5.73 Å². The molecule has 1 unspecified atom stereocenters. The Kier molecular flexibility index (Phi) is 4.24. The van der Waals surface area contributed by atoms with E-state index in [1.165, 1.54) is 12.1 Å². The van der Waals surface area contributed by atoms with Crippen LogP contribution in [0.2, 0.25) is 0 Å². The number of ether oxygens (including phenoxy) is 1. The highest BCUT2D eigenvalue weighted by Gasteiger charge is 2.30. The van der Waals surface area contributed by atoms with E-state index >= 15 is 0 Å². The fraction of sp³-hybridized carbons (Fsp3) is 0.214. The van der Waals surface area contributed by atoms with Gasteiger partial charge in [-0.15, -0.1) is 13.2 Å². The molecule has 1 heterocycles. The second kappa shape index (κ2) is 5.92. The van der Waals surface area contributed by atoms with Gasteiger partial charge in [-0.25, -0.2) is 0 Å². The number of pyridine rings is 1. The van der Waals surface area contributed by atoms with Crippen LogP contribution in [0.5, 0.6) is 5.75 Å². The second-order valence-corrected chi connectivity index (χ2v) is 4.28. The van der Waals surface area contributed by atoms with E-state index in [9.17, 15) is 13.2 Å². The molecule has 106 valence electrons. The summed E-state index contributed by atoms with van der Waals surface area (Å²) in [6.07, 6.45) is -0.851. The van der Waals surface area contributed by atoms with Crippen molar-refractivity contribution in [3.8, 4) is 5.75 Å². The molecule has 3 nitrogen and oxygen atoms in total. The molecule has 0 bridgehead atoms. The van der Waals surface area contributed by atoms with Crippen LogP contribution in [0, 0.1) is 0 Å². The van der Waals surface area contributed by atoms with Crippen molar-refractivity contribution in [3.05, 3.63) is 59.9 Å². The molecular formula is C14H13F3N2O. The van der Waals surface area contributed by atoms with E-state index in [0.717, 1.165) is 11.1 Å². The predicted molar refractivity (Wildman–Crippen MR) is 68.0 cm³/mol. The second-order valence-electron chi connectivity index (χ2n) is 4.28. The van der Waals surface area contributed by atoms with Gasteiger partial charge in [-0.3, -0.25) is 4.98 Å². The van der Waals surface area contributed by atoms with E-state index in [0.29, 0.717) is 6.42 Å². The maximum atomic E-state index is 12.0. The van der Waals surface area contributed by atoms with Crippen LogP contribution in [-0.2, 0) is 6.42 Å². The van der Waals surface area contributed by atoms with Crippen molar-refractivity contribution in [1.82, 2.24) is 4.98 Å². The van der Waals surface area contributed by atoms with Gasteiger partial charge in [0.05, 0.1) is 0 Å². The molecule has 0 radical (unpaired) electrons. The standard InChI is InChI=1S/C14H13F3N2O/c15-14(16,17)20-12-3-1-10(2-4-12)9-13(18)11-5-7-19-8-6-11/h1-8,13H,9,18H2. The molecule has 1 aromatic heterocycles. The number of nitrogens with two attached hydrogens (primary N) is 1. The quantitative estimate of drug-likeness (QED) is 0.936. The van der Waals surface area contributed by atoms with E-state index in [1.54, 1.807) is 24.5 Å². The van der Waals surface area contributed by atoms with Gasteiger partial charge in [0.2, 0.25) is 0 Å². The van der Waals surface area contributed by atoms with Crippen LogP contribution >= 0.6 is 0 Å². The highest BCUT2D eigenvalue weighted by atomic mass is 19.4. The van der Waals surface area contributed by atoms with Crippen LogP contribution in [0.1, 0.15) is 17.2 Å². The number of halogens is 3. The third-order valence-electron chi connectivity index (χ3n) is 2.75. The number of aromatic nitrogens is 1. The average molecular weight is 282 g/mol. The van der Waals surface area contributed by atoms with Crippen LogP contribution in [0.3, 0.4) is 0 Å². The van der Waals surface area contributed by atoms with Gasteiger partial charge in [0.15, 0.2) is 0 Å². The molecule has 0 spiro atoms. The Balaban J connectivity index is 2.00. The predicted octanol–water partition coefficient (Wildman–Crippen LogP) is 3.22. The van der Waals surface area contributed by atoms with Crippen molar-refractivity contribution in [1.29, 1.82) is 0 Å². The van der Waals surface area contributed by atoms with E-state index in [2.05, 4.69) is 9.72 Å². The van der Waals surface area contributed by atoms with Gasteiger partial charge >= 0.3 is 6.36 Å². The fourth-order valence-electron chi connectivity index (χ4n) is 1.81. The Bertz CT molecular complexity index is 541. The minimum atomic E-state index is -4.67. The summed E-state index contributed by atoms with van der Waals surface area (Å²) in [5, 5.41) is 0. The highest BCUT2D eigenvalue weighted by Crippen LogP contribution is 2.24. The van der Waals surface area contributed by atoms with Crippen molar-refractivity contribution >= 4 is 0 Å². The maximum Gasteiger partial charge on any atom is 0.573 e. The van der Waals surface area contributed by atoms with Gasteiger partial charge < -0.3 is 10.5 Å². The van der Waals surface area contributed by atoms with Crippen molar-refractivity contribution in [2.75, 3.05) is 0 Å². The lowest BCUT2D eigenvalue weighted by atomic mass is 10.0. The largest absolute Gasteiger partial charge is 0.573 e. The van der Waals surface area contributed by atoms with E-state index in [-0.39, 0.29) is 11.8 Å². The molecule has 2 rings (SSSR count). The first-order chi connectivity index (χ1) is 9.44. The Morgan fingerprint density at radius 2 is 1.65 bits per heavy atom. The van der Waals surface area contributed by atoms with E-state index < -0.39 is 6.36 Å². The number of alkyl halides is 3. The molecule has 0 aliphatic carbocycles. The molecule has 2 aromatic rings. The van der Waals surface area contributed by atoms with Crippen LogP contribution in [0.25, 0.3) is 0 Å². The topological polar surface area (TPSA) is 48.1 Å². The molecule has 6 heteroatoms. The SMILES string of the molecule is NC(Cc1ccc(OC(F)(F)F)cc1)c1ccncc1. The number of rotatable bonds is 4. The van der Waals surface area contributed by atoms with Crippen molar-refractivity contribution in [2.45, 2.75) is 18.8 Å². The number of hydrogen-bond donors (Lipinski definition) is 1. The first kappa shape index (κ1) is 14.3. The lowest BCUT2D eigenvalue weighted by Crippen LogP contribution is -2.17. The lowest BCUT2D eigenvalue weighted by Gasteiger charge is -2.13. The van der Waals surface area contributed by atoms with Crippen LogP contribution in [0.4, 0.5) is 13.2 Å². The van der Waals surface area contributed by atoms with E-state index in [4.69, 9.17) is 5.73 Å². The smallest absolute Gasteiger partial charge is 0.406 e. The zero-order chi connectivity index (χ0) is 14.6. The van der Waals surface area contributed by atoms with Crippen molar-refractivity contribution < 1.29 is 17.9 Å². The first-order valence-electron chi connectivity index (χ1n) is 5.94. The van der Waals surface area contributed by atoms with Crippen LogP contribution in [-0.4, -0.2) is 11.3 Å². The molecule has 1 atom stereocenters. The number of hydrogen-bond acceptors (Lipinski definition) is 3. The van der Waals surface area contributed by atoms with Gasteiger partial charge in [0.25, 0.3) is 0 Å². The van der Waals surface area contributed by atoms with Gasteiger partial charge in [0, 0.05) is 18.4 Å². The Hall–Kier alpha value is -2.08. The molecule has 0 aliphatic rings. The molecule has 2 N–H and O–H groups in total. The zero-order valence-corrected chi connectivity index (χ0v) is 10.5. The summed E-state index contributed by atoms with van der Waals surface area (Å²) in [5.41, 5.74) is 7.79. The summed E-state index contributed by atoms with van der Waals surface area (Å²) in [6.45, 7) is 0. The molecule has 20 heavy (non-hydrogen) atoms. The van der Waals surface area contributed by atoms with Crippen LogP contribution in [0.15, 0.2) is 48.8 Å². The summed E-state index contributed by atoms with van der Waals surface area (Å²) in [7, 11) is 0. The van der Waals surface area contributed by atoms with Crippen molar-refractivity contribution in [3.63, 3.8) is 0 Å². The highest BCUT2D eigenvalue weighted by molar-refractivity contribution is 5.29. The molecule has 0 saturated carbocycles. The Morgan fingerprint density at radius 1 is 1.05 bits per heavy atom. The summed E-state index contributed by atoms with van der Waals surface area (Å²) in [5.74, 6) is -0.237. The third kappa shape index (κ3) is 4.24. The fourth-order valence-corrected chi connectivity index (χ4v) is 1.81. The lowest BCUT2D eigenvalue weighted by molar-refractivity contribution is -0.274. The monoisotopic (exact) mass is 282 g/mol. The van der Waals surface area contributed by atoms with Gasteiger partial charge in [-0.05, 0) is 41.8 Å². The molecule has 0 amide bonds. The molecular weight excluding hydrogens is 269 g/mol. The maximum absolute atomic E-state index is 12.0. The van der Waals surface area contributed by atoms with Gasteiger partial charge in [-0.2, -0.15) is 0 Å². The van der Waals surface area contributed by atoms with Gasteiger partial charge in [0.1, 0.15) is 5.75 Å². The number of nitrogens with zero attached hydrogens (tertiary/aromatic N) is 1.